The van der Waals surface area contributed by atoms with Crippen LogP contribution in [0, 0.1) is 5.92 Å². The number of ether oxygens (including phenoxy) is 1. The minimum absolute atomic E-state index is 0.169. The van der Waals surface area contributed by atoms with Gasteiger partial charge in [0, 0.05) is 19.3 Å². The summed E-state index contributed by atoms with van der Waals surface area (Å²) in [7, 11) is 0. The first kappa shape index (κ1) is 18.0. The van der Waals surface area contributed by atoms with Crippen molar-refractivity contribution >= 4 is 17.7 Å². The number of nitrogens with zero attached hydrogens (tertiary/aromatic N) is 2. The molecule has 0 aliphatic carbocycles. The average molecular weight is 335 g/mol. The molecule has 1 aliphatic rings. The number of anilines is 1. The van der Waals surface area contributed by atoms with Crippen LogP contribution < -0.4 is 10.9 Å². The summed E-state index contributed by atoms with van der Waals surface area (Å²) in [6.45, 7) is 5.34. The van der Waals surface area contributed by atoms with E-state index < -0.39 is 11.5 Å². The number of rotatable bonds is 5. The Kier molecular flexibility index (Phi) is 6.40. The van der Waals surface area contributed by atoms with Gasteiger partial charge < -0.3 is 19.5 Å². The zero-order valence-electron chi connectivity index (χ0n) is 14.3. The maximum absolute atomic E-state index is 12.4. The molecule has 1 unspecified atom stereocenters. The third-order valence-electron chi connectivity index (χ3n) is 4.25. The summed E-state index contributed by atoms with van der Waals surface area (Å²) in [5, 5.41) is 2.67. The smallest absolute Gasteiger partial charge is 0.326 e. The monoisotopic (exact) mass is 335 g/mol. The Morgan fingerprint density at radius 3 is 2.88 bits per heavy atom. The Morgan fingerprint density at radius 1 is 1.38 bits per heavy atom. The normalized spacial score (nSPS) is 17.4. The topological polar surface area (TPSA) is 80.6 Å². The van der Waals surface area contributed by atoms with E-state index in [1.165, 1.54) is 10.8 Å². The van der Waals surface area contributed by atoms with Gasteiger partial charge in [0.15, 0.2) is 0 Å². The lowest BCUT2D eigenvalue weighted by Gasteiger charge is -2.32. The van der Waals surface area contributed by atoms with E-state index in [1.807, 2.05) is 0 Å². The number of hydrogen-bond acceptors (Lipinski definition) is 4. The fourth-order valence-corrected chi connectivity index (χ4v) is 2.88. The molecule has 0 spiro atoms. The molecule has 2 rings (SSSR count). The van der Waals surface area contributed by atoms with Gasteiger partial charge in [0.1, 0.15) is 12.2 Å². The van der Waals surface area contributed by atoms with E-state index in [-0.39, 0.29) is 24.9 Å². The number of amides is 2. The van der Waals surface area contributed by atoms with Crippen LogP contribution in [0.2, 0.25) is 0 Å². The van der Waals surface area contributed by atoms with Crippen molar-refractivity contribution in [1.82, 2.24) is 9.47 Å². The van der Waals surface area contributed by atoms with Gasteiger partial charge in [-0.05, 0) is 37.8 Å². The van der Waals surface area contributed by atoms with E-state index in [9.17, 15) is 14.4 Å². The molecule has 1 saturated heterocycles. The summed E-state index contributed by atoms with van der Waals surface area (Å²) in [4.78, 5) is 38.0. The van der Waals surface area contributed by atoms with Crippen LogP contribution in [-0.4, -0.2) is 41.2 Å². The molecule has 7 nitrogen and oxygen atoms in total. The van der Waals surface area contributed by atoms with Crippen LogP contribution in [0.1, 0.15) is 33.1 Å². The largest absolute Gasteiger partial charge is 0.465 e. The molecule has 0 bridgehead atoms. The van der Waals surface area contributed by atoms with Crippen molar-refractivity contribution in [2.75, 3.05) is 25.0 Å². The van der Waals surface area contributed by atoms with Gasteiger partial charge >= 0.3 is 12.0 Å². The summed E-state index contributed by atoms with van der Waals surface area (Å²) < 4.78 is 6.08. The molecule has 24 heavy (non-hydrogen) atoms. The fraction of sp³-hybridized carbons (Fsp3) is 0.588. The molecule has 1 atom stereocenters. The van der Waals surface area contributed by atoms with E-state index >= 15 is 0 Å². The number of aromatic nitrogens is 1. The lowest BCUT2D eigenvalue weighted by molar-refractivity contribution is -0.143. The molecule has 2 heterocycles. The maximum atomic E-state index is 12.4. The van der Waals surface area contributed by atoms with Crippen LogP contribution in [0.15, 0.2) is 23.1 Å². The summed E-state index contributed by atoms with van der Waals surface area (Å²) in [6.07, 6.45) is 4.66. The van der Waals surface area contributed by atoms with Crippen molar-refractivity contribution in [3.63, 3.8) is 0 Å². The van der Waals surface area contributed by atoms with Crippen molar-refractivity contribution in [2.45, 2.75) is 39.7 Å². The van der Waals surface area contributed by atoms with Crippen molar-refractivity contribution in [2.24, 2.45) is 5.92 Å². The molecule has 1 aromatic heterocycles. The molecular formula is C17H25N3O4. The van der Waals surface area contributed by atoms with E-state index in [1.54, 1.807) is 24.0 Å². The number of pyridine rings is 1. The quantitative estimate of drug-likeness (QED) is 0.835. The van der Waals surface area contributed by atoms with Crippen molar-refractivity contribution in [3.8, 4) is 0 Å². The Balaban J connectivity index is 2.05. The summed E-state index contributed by atoms with van der Waals surface area (Å²) in [5.74, 6) is 0.0330. The number of hydrogen-bond donors (Lipinski definition) is 1. The number of nitrogens with one attached hydrogen (secondary N) is 1. The van der Waals surface area contributed by atoms with Crippen LogP contribution in [0.4, 0.5) is 10.5 Å². The zero-order chi connectivity index (χ0) is 17.5. The van der Waals surface area contributed by atoms with Gasteiger partial charge in [-0.2, -0.15) is 0 Å². The molecule has 1 fully saturated rings. The van der Waals surface area contributed by atoms with Gasteiger partial charge in [-0.1, -0.05) is 13.3 Å². The average Bonchev–Trinajstić information content (AvgIpc) is 2.58. The van der Waals surface area contributed by atoms with E-state index in [2.05, 4.69) is 12.2 Å². The number of likely N-dealkylation sites (tertiary alicyclic amines) is 1. The minimum atomic E-state index is -0.482. The second kappa shape index (κ2) is 8.52. The van der Waals surface area contributed by atoms with Gasteiger partial charge in [-0.15, -0.1) is 0 Å². The number of carbonyl (C=O) groups is 2. The Morgan fingerprint density at radius 2 is 2.17 bits per heavy atom. The molecule has 7 heteroatoms. The van der Waals surface area contributed by atoms with Crippen molar-refractivity contribution < 1.29 is 14.3 Å². The van der Waals surface area contributed by atoms with Crippen LogP contribution >= 0.6 is 0 Å². The van der Waals surface area contributed by atoms with Crippen LogP contribution in [0.5, 0.6) is 0 Å². The number of esters is 1. The van der Waals surface area contributed by atoms with E-state index in [0.717, 1.165) is 19.3 Å². The zero-order valence-corrected chi connectivity index (χ0v) is 14.3. The fourth-order valence-electron chi connectivity index (χ4n) is 2.88. The van der Waals surface area contributed by atoms with Crippen molar-refractivity contribution in [3.05, 3.63) is 28.7 Å². The first-order valence-electron chi connectivity index (χ1n) is 8.46. The first-order chi connectivity index (χ1) is 11.5. The second-order valence-electron chi connectivity index (χ2n) is 5.95. The predicted octanol–water partition coefficient (Wildman–Crippen LogP) is 2.07. The van der Waals surface area contributed by atoms with Crippen LogP contribution in [-0.2, 0) is 16.1 Å². The van der Waals surface area contributed by atoms with E-state index in [4.69, 9.17) is 4.74 Å². The van der Waals surface area contributed by atoms with Gasteiger partial charge in [-0.25, -0.2) is 4.79 Å². The molecule has 1 N–H and O–H groups in total. The molecule has 1 aromatic rings. The maximum Gasteiger partial charge on any atom is 0.326 e. The molecule has 132 valence electrons. The third-order valence-corrected chi connectivity index (χ3v) is 4.25. The second-order valence-corrected chi connectivity index (χ2v) is 5.95. The Labute approximate surface area is 141 Å². The van der Waals surface area contributed by atoms with Gasteiger partial charge in [-0.3, -0.25) is 9.59 Å². The minimum Gasteiger partial charge on any atom is -0.465 e. The SMILES string of the molecule is CCOC(=O)Cn1cccc(NC(=O)N2CCCC(CC)C2)c1=O. The number of piperidine rings is 1. The number of urea groups is 1. The van der Waals surface area contributed by atoms with Gasteiger partial charge in [0.2, 0.25) is 0 Å². The highest BCUT2D eigenvalue weighted by Gasteiger charge is 2.23. The molecule has 2 amide bonds. The van der Waals surface area contributed by atoms with Crippen LogP contribution in [0.25, 0.3) is 0 Å². The van der Waals surface area contributed by atoms with Gasteiger partial charge in [0.05, 0.1) is 6.61 Å². The third kappa shape index (κ3) is 4.59. The van der Waals surface area contributed by atoms with E-state index in [0.29, 0.717) is 19.0 Å². The van der Waals surface area contributed by atoms with Crippen molar-refractivity contribution in [1.29, 1.82) is 0 Å². The lowest BCUT2D eigenvalue weighted by Crippen LogP contribution is -2.43. The predicted molar refractivity (Wildman–Crippen MR) is 90.9 cm³/mol. The molecule has 1 aliphatic heterocycles. The first-order valence-corrected chi connectivity index (χ1v) is 8.46. The Hall–Kier alpha value is -2.31. The lowest BCUT2D eigenvalue weighted by atomic mass is 9.96. The highest BCUT2D eigenvalue weighted by atomic mass is 16.5. The highest BCUT2D eigenvalue weighted by molar-refractivity contribution is 5.89. The summed E-state index contributed by atoms with van der Waals surface area (Å²) in [5.41, 5.74) is -0.242. The highest BCUT2D eigenvalue weighted by Crippen LogP contribution is 2.19. The Bertz CT molecular complexity index is 641. The molecule has 0 aromatic carbocycles. The summed E-state index contributed by atoms with van der Waals surface area (Å²) >= 11 is 0. The number of carbonyl (C=O) groups excluding carboxylic acids is 2. The molecule has 0 radical (unpaired) electrons. The summed E-state index contributed by atoms with van der Waals surface area (Å²) in [6, 6.07) is 2.91. The van der Waals surface area contributed by atoms with Gasteiger partial charge in [0.25, 0.3) is 5.56 Å². The molecular weight excluding hydrogens is 310 g/mol. The van der Waals surface area contributed by atoms with Crippen LogP contribution in [0.3, 0.4) is 0 Å². The standard InChI is InChI=1S/C17H25N3O4/c1-3-13-7-5-10-20(11-13)17(23)18-14-8-6-9-19(16(14)22)12-15(21)24-4-2/h6,8-9,13H,3-5,7,10-12H2,1-2H3,(H,18,23). The molecule has 0 saturated carbocycles.